The number of aryl methyl sites for hydroxylation is 1. The van der Waals surface area contributed by atoms with Gasteiger partial charge >= 0.3 is 0 Å². The van der Waals surface area contributed by atoms with Gasteiger partial charge in [0.05, 0.1) is 18.5 Å². The maximum atomic E-state index is 12.0. The fourth-order valence-corrected chi connectivity index (χ4v) is 5.27. The highest BCUT2D eigenvalue weighted by Gasteiger charge is 2.22. The number of hydrogen-bond donors (Lipinski definition) is 4. The van der Waals surface area contributed by atoms with Gasteiger partial charge in [0, 0.05) is 36.7 Å². The molecule has 12 heteroatoms. The van der Waals surface area contributed by atoms with Crippen molar-refractivity contribution in [3.8, 4) is 17.2 Å². The number of nitrogens with zero attached hydrogens (tertiary/aromatic N) is 4. The summed E-state index contributed by atoms with van der Waals surface area (Å²) in [7, 11) is 4.32. The molecule has 0 bridgehead atoms. The van der Waals surface area contributed by atoms with Crippen molar-refractivity contribution in [2.24, 2.45) is 4.99 Å². The minimum absolute atomic E-state index is 0.0994. The van der Waals surface area contributed by atoms with Crippen LogP contribution in [0.5, 0.6) is 11.5 Å². The van der Waals surface area contributed by atoms with Crippen molar-refractivity contribution >= 4 is 55.5 Å². The van der Waals surface area contributed by atoms with Crippen LogP contribution in [0.25, 0.3) is 16.5 Å². The summed E-state index contributed by atoms with van der Waals surface area (Å²) in [4.78, 5) is 27.5. The number of thiol groups is 1. The van der Waals surface area contributed by atoms with Crippen LogP contribution in [0, 0.1) is 6.92 Å². The molecule has 3 N–H and O–H groups in total. The van der Waals surface area contributed by atoms with Gasteiger partial charge in [-0.2, -0.15) is 12.6 Å². The van der Waals surface area contributed by atoms with E-state index in [2.05, 4.69) is 42.7 Å². The molecule has 4 aromatic carbocycles. The van der Waals surface area contributed by atoms with Crippen molar-refractivity contribution in [1.29, 1.82) is 0 Å². The first-order chi connectivity index (χ1) is 22.2. The van der Waals surface area contributed by atoms with Gasteiger partial charge in [0.1, 0.15) is 23.9 Å². The number of rotatable bonds is 6. The number of nitrogens with one attached hydrogen (secondary N) is 2. The summed E-state index contributed by atoms with van der Waals surface area (Å²) in [6.45, 7) is 4.66. The van der Waals surface area contributed by atoms with E-state index in [-0.39, 0.29) is 17.6 Å². The molecule has 0 radical (unpaired) electrons. The van der Waals surface area contributed by atoms with E-state index in [1.807, 2.05) is 72.2 Å². The predicted octanol–water partition coefficient (Wildman–Crippen LogP) is 4.39. The SMILES string of the molecule is CC(=O)NCCNC(=O)c1ccc2cccc(P)c2c1.COc1ccc2c(c1)C(c1ccc(O)cc1)=NCc1nnc(C)n1-2.CS. The van der Waals surface area contributed by atoms with E-state index in [9.17, 15) is 14.7 Å². The number of aliphatic imine (C=N–C) groups is 1. The summed E-state index contributed by atoms with van der Waals surface area (Å²) in [6, 6.07) is 24.5. The van der Waals surface area contributed by atoms with Crippen molar-refractivity contribution in [2.45, 2.75) is 20.4 Å². The molecule has 46 heavy (non-hydrogen) atoms. The predicted molar refractivity (Wildman–Crippen MR) is 189 cm³/mol. The first-order valence-electron chi connectivity index (χ1n) is 14.4. The minimum Gasteiger partial charge on any atom is -0.508 e. The second kappa shape index (κ2) is 16.0. The quantitative estimate of drug-likeness (QED) is 0.122. The number of phenols is 1. The largest absolute Gasteiger partial charge is 0.508 e. The highest BCUT2D eigenvalue weighted by atomic mass is 32.1. The molecule has 2 amide bonds. The molecule has 1 atom stereocenters. The number of ether oxygens (including phenoxy) is 1. The number of phenolic OH excluding ortho intramolecular Hbond substituents is 1. The number of carbonyl (C=O) groups excluding carboxylic acids is 2. The van der Waals surface area contributed by atoms with Crippen LogP contribution in [0.15, 0.2) is 83.9 Å². The van der Waals surface area contributed by atoms with Gasteiger partial charge in [0.25, 0.3) is 5.91 Å². The molecule has 5 aromatic rings. The third kappa shape index (κ3) is 8.10. The van der Waals surface area contributed by atoms with E-state index >= 15 is 0 Å². The maximum Gasteiger partial charge on any atom is 0.251 e. The van der Waals surface area contributed by atoms with Crippen molar-refractivity contribution < 1.29 is 19.4 Å². The Morgan fingerprint density at radius 3 is 2.43 bits per heavy atom. The normalized spacial score (nSPS) is 11.3. The van der Waals surface area contributed by atoms with Crippen LogP contribution < -0.4 is 20.7 Å². The van der Waals surface area contributed by atoms with Crippen molar-refractivity contribution in [3.63, 3.8) is 0 Å². The van der Waals surface area contributed by atoms with Crippen LogP contribution >= 0.6 is 21.9 Å². The molecule has 0 saturated carbocycles. The number of methoxy groups -OCH3 is 1. The first-order valence-corrected chi connectivity index (χ1v) is 15.9. The minimum atomic E-state index is -0.134. The number of fused-ring (bicyclic) bond motifs is 4. The lowest BCUT2D eigenvalue weighted by Crippen LogP contribution is -2.33. The van der Waals surface area contributed by atoms with Crippen molar-refractivity contribution in [2.75, 3.05) is 26.5 Å². The first kappa shape index (κ1) is 34.1. The molecule has 6 rings (SSSR count). The molecular weight excluding hydrogens is 619 g/mol. The van der Waals surface area contributed by atoms with E-state index in [1.54, 1.807) is 31.6 Å². The fourth-order valence-electron chi connectivity index (χ4n) is 4.90. The molecule has 1 aliphatic rings. The van der Waals surface area contributed by atoms with E-state index in [0.29, 0.717) is 25.2 Å². The molecule has 0 aliphatic carbocycles. The van der Waals surface area contributed by atoms with Crippen molar-refractivity contribution in [1.82, 2.24) is 25.4 Å². The Kier molecular flexibility index (Phi) is 11.9. The Morgan fingerprint density at radius 1 is 0.978 bits per heavy atom. The van der Waals surface area contributed by atoms with Crippen LogP contribution in [0.3, 0.4) is 0 Å². The van der Waals surface area contributed by atoms with E-state index in [1.165, 1.54) is 6.92 Å². The monoisotopic (exact) mass is 656 g/mol. The van der Waals surface area contributed by atoms with Crippen LogP contribution in [0.2, 0.25) is 0 Å². The Labute approximate surface area is 275 Å². The summed E-state index contributed by atoms with van der Waals surface area (Å²) < 4.78 is 7.41. The maximum absolute atomic E-state index is 12.0. The third-order valence-corrected chi connectivity index (χ3v) is 7.58. The van der Waals surface area contributed by atoms with Crippen LogP contribution in [-0.4, -0.2) is 63.9 Å². The fraction of sp³-hybridized carbons (Fsp3) is 0.206. The zero-order valence-corrected chi connectivity index (χ0v) is 28.2. The molecule has 0 saturated heterocycles. The zero-order valence-electron chi connectivity index (χ0n) is 26.1. The Bertz CT molecular complexity index is 1870. The van der Waals surface area contributed by atoms with Gasteiger partial charge in [-0.15, -0.1) is 19.4 Å². The van der Waals surface area contributed by atoms with Crippen LogP contribution in [-0.2, 0) is 11.3 Å². The number of aromatic hydroxyl groups is 1. The number of aromatic nitrogens is 3. The lowest BCUT2D eigenvalue weighted by atomic mass is 10.00. The summed E-state index contributed by atoms with van der Waals surface area (Å²) in [5.74, 6) is 2.37. The van der Waals surface area contributed by atoms with E-state index < -0.39 is 0 Å². The number of amides is 2. The molecular formula is C34H37N6O4PS. The van der Waals surface area contributed by atoms with E-state index in [4.69, 9.17) is 9.73 Å². The second-order valence-corrected chi connectivity index (χ2v) is 10.7. The van der Waals surface area contributed by atoms with Gasteiger partial charge in [-0.3, -0.25) is 19.1 Å². The summed E-state index contributed by atoms with van der Waals surface area (Å²) in [5, 5.41) is 26.6. The van der Waals surface area contributed by atoms with Crippen LogP contribution in [0.1, 0.15) is 40.1 Å². The van der Waals surface area contributed by atoms with Crippen LogP contribution in [0.4, 0.5) is 0 Å². The summed E-state index contributed by atoms with van der Waals surface area (Å²) >= 11 is 3.53. The number of carbonyl (C=O) groups is 2. The van der Waals surface area contributed by atoms with Gasteiger partial charge in [-0.05, 0) is 83.9 Å². The molecule has 0 fully saturated rings. The molecule has 2 heterocycles. The molecule has 1 aromatic heterocycles. The van der Waals surface area contributed by atoms with E-state index in [0.717, 1.165) is 56.0 Å². The standard InChI is InChI=1S/C18H16N4O2.C15H17N2O2P.CH4S/c1-11-20-21-17-10-19-18(12-3-5-13(23)6-4-12)15-9-14(24-2)7-8-16(15)22(11)17;1-10(18)16-7-8-17-15(19)12-6-5-11-3-2-4-14(20)13(11)9-12;1-2/h3-9,23H,10H2,1-2H3;2-6,9H,7-8,20H2,1H3,(H,16,18)(H,17,19);2H,1H3. The number of benzene rings is 4. The summed E-state index contributed by atoms with van der Waals surface area (Å²) in [5.41, 5.74) is 4.31. The smallest absolute Gasteiger partial charge is 0.251 e. The van der Waals surface area contributed by atoms with Gasteiger partial charge in [-0.25, -0.2) is 0 Å². The van der Waals surface area contributed by atoms with Gasteiger partial charge < -0.3 is 20.5 Å². The van der Waals surface area contributed by atoms with Gasteiger partial charge in [0.15, 0.2) is 5.82 Å². The molecule has 0 spiro atoms. The molecule has 1 aliphatic heterocycles. The highest BCUT2D eigenvalue weighted by Crippen LogP contribution is 2.29. The zero-order chi connectivity index (χ0) is 33.2. The second-order valence-electron chi connectivity index (χ2n) is 10.1. The lowest BCUT2D eigenvalue weighted by Gasteiger charge is -2.14. The Morgan fingerprint density at radius 2 is 1.72 bits per heavy atom. The molecule has 1 unspecified atom stereocenters. The summed E-state index contributed by atoms with van der Waals surface area (Å²) in [6.07, 6.45) is 1.69. The van der Waals surface area contributed by atoms with Crippen molar-refractivity contribution in [3.05, 3.63) is 107 Å². The molecule has 238 valence electrons. The Balaban J connectivity index is 0.000000202. The average Bonchev–Trinajstić information content (AvgIpc) is 3.35. The Hall–Kier alpha value is -4.73. The highest BCUT2D eigenvalue weighted by molar-refractivity contribution is 7.79. The third-order valence-electron chi connectivity index (χ3n) is 7.07. The lowest BCUT2D eigenvalue weighted by molar-refractivity contribution is -0.118. The van der Waals surface area contributed by atoms with Gasteiger partial charge in [-0.1, -0.05) is 24.3 Å². The average molecular weight is 657 g/mol. The topological polar surface area (TPSA) is 131 Å². The number of hydrogen-bond acceptors (Lipinski definition) is 8. The van der Waals surface area contributed by atoms with Gasteiger partial charge in [0.2, 0.25) is 5.91 Å². The molecule has 10 nitrogen and oxygen atoms in total.